The molecule has 0 heterocycles. The molecule has 1 aromatic carbocycles. The predicted molar refractivity (Wildman–Crippen MR) is 46.1 cm³/mol. The van der Waals surface area contributed by atoms with Crippen molar-refractivity contribution in [3.8, 4) is 5.75 Å². The summed E-state index contributed by atoms with van der Waals surface area (Å²) in [5.41, 5.74) is 0.885. The molecule has 0 aliphatic heterocycles. The van der Waals surface area contributed by atoms with Crippen molar-refractivity contribution in [2.45, 2.75) is 24.9 Å². The molecule has 0 amide bonds. The number of hydrogen-bond acceptors (Lipinski definition) is 2. The van der Waals surface area contributed by atoms with E-state index in [0.717, 1.165) is 18.4 Å². The van der Waals surface area contributed by atoms with Crippen LogP contribution in [0.5, 0.6) is 5.75 Å². The predicted octanol–water partition coefficient (Wildman–Crippen LogP) is 1.63. The minimum Gasteiger partial charge on any atom is -0.508 e. The number of hydrogen-bond donors (Lipinski definition) is 2. The van der Waals surface area contributed by atoms with Gasteiger partial charge < -0.3 is 10.2 Å². The third kappa shape index (κ3) is 1.08. The number of phenols is 1. The third-order valence-electron chi connectivity index (χ3n) is 2.57. The average molecular weight is 164 g/mol. The largest absolute Gasteiger partial charge is 0.508 e. The van der Waals surface area contributed by atoms with Gasteiger partial charge in [-0.05, 0) is 24.5 Å². The molecule has 1 aliphatic rings. The van der Waals surface area contributed by atoms with Gasteiger partial charge >= 0.3 is 0 Å². The maximum Gasteiger partial charge on any atom is 0.119 e. The Morgan fingerprint density at radius 2 is 1.92 bits per heavy atom. The maximum atomic E-state index is 9.45. The molecule has 2 atom stereocenters. The zero-order chi connectivity index (χ0) is 8.55. The Morgan fingerprint density at radius 1 is 1.17 bits per heavy atom. The van der Waals surface area contributed by atoms with Crippen molar-refractivity contribution in [1.29, 1.82) is 0 Å². The quantitative estimate of drug-likeness (QED) is 0.662. The Hall–Kier alpha value is -1.02. The highest BCUT2D eigenvalue weighted by Gasteiger charge is 2.31. The van der Waals surface area contributed by atoms with Crippen molar-refractivity contribution in [3.05, 3.63) is 29.8 Å². The average Bonchev–Trinajstić information content (AvgIpc) is 2.06. The zero-order valence-electron chi connectivity index (χ0n) is 6.77. The van der Waals surface area contributed by atoms with E-state index < -0.39 is 0 Å². The molecule has 2 unspecified atom stereocenters. The zero-order valence-corrected chi connectivity index (χ0v) is 6.77. The Balaban J connectivity index is 2.27. The number of aliphatic hydroxyl groups is 1. The van der Waals surface area contributed by atoms with Crippen LogP contribution in [-0.2, 0) is 0 Å². The fourth-order valence-corrected chi connectivity index (χ4v) is 1.65. The van der Waals surface area contributed by atoms with Gasteiger partial charge in [-0.25, -0.2) is 0 Å². The van der Waals surface area contributed by atoms with Crippen LogP contribution in [0.15, 0.2) is 24.3 Å². The van der Waals surface area contributed by atoms with E-state index in [1.54, 1.807) is 12.1 Å². The Kier molecular flexibility index (Phi) is 1.77. The van der Waals surface area contributed by atoms with E-state index in [1.807, 2.05) is 12.1 Å². The van der Waals surface area contributed by atoms with Crippen LogP contribution in [0.1, 0.15) is 24.3 Å². The summed E-state index contributed by atoms with van der Waals surface area (Å²) in [6, 6.07) is 7.23. The van der Waals surface area contributed by atoms with Crippen LogP contribution in [0.2, 0.25) is 0 Å². The van der Waals surface area contributed by atoms with Crippen molar-refractivity contribution < 1.29 is 10.2 Å². The highest BCUT2D eigenvalue weighted by molar-refractivity contribution is 5.36. The molecule has 0 bridgehead atoms. The van der Waals surface area contributed by atoms with Crippen molar-refractivity contribution in [3.63, 3.8) is 0 Å². The summed E-state index contributed by atoms with van der Waals surface area (Å²) in [4.78, 5) is 0. The van der Waals surface area contributed by atoms with Crippen LogP contribution in [0, 0.1) is 0 Å². The minimum absolute atomic E-state index is 0.159. The summed E-state index contributed by atoms with van der Waals surface area (Å²) in [5, 5.41) is 18.8. The molecule has 12 heavy (non-hydrogen) atoms. The summed E-state index contributed by atoms with van der Waals surface area (Å²) < 4.78 is 0. The van der Waals surface area contributed by atoms with Crippen LogP contribution in [0.25, 0.3) is 0 Å². The summed E-state index contributed by atoms with van der Waals surface area (Å²) >= 11 is 0. The second-order valence-corrected chi connectivity index (χ2v) is 3.31. The Bertz CT molecular complexity index is 283. The highest BCUT2D eigenvalue weighted by Crippen LogP contribution is 2.40. The molecule has 1 aliphatic carbocycles. The number of benzene rings is 1. The molecule has 0 radical (unpaired) electrons. The lowest BCUT2D eigenvalue weighted by Gasteiger charge is -2.32. The van der Waals surface area contributed by atoms with E-state index >= 15 is 0 Å². The third-order valence-corrected chi connectivity index (χ3v) is 2.57. The van der Waals surface area contributed by atoms with Gasteiger partial charge in [-0.3, -0.25) is 0 Å². The molecule has 64 valence electrons. The first-order chi connectivity index (χ1) is 5.79. The van der Waals surface area contributed by atoms with Gasteiger partial charge in [-0.15, -0.1) is 0 Å². The molecule has 2 N–H and O–H groups in total. The lowest BCUT2D eigenvalue weighted by Crippen LogP contribution is -2.28. The summed E-state index contributed by atoms with van der Waals surface area (Å²) in [6.45, 7) is 0. The second kappa shape index (κ2) is 2.79. The molecule has 1 aromatic rings. The molecular formula is C10H12O2. The molecule has 2 rings (SSSR count). The fourth-order valence-electron chi connectivity index (χ4n) is 1.65. The van der Waals surface area contributed by atoms with E-state index in [-0.39, 0.29) is 12.0 Å². The van der Waals surface area contributed by atoms with Crippen molar-refractivity contribution in [2.24, 2.45) is 0 Å². The summed E-state index contributed by atoms with van der Waals surface area (Å²) in [7, 11) is 0. The first-order valence-corrected chi connectivity index (χ1v) is 4.25. The Morgan fingerprint density at radius 3 is 2.42 bits per heavy atom. The number of aliphatic hydroxyl groups excluding tert-OH is 1. The van der Waals surface area contributed by atoms with E-state index in [1.165, 1.54) is 0 Å². The fraction of sp³-hybridized carbons (Fsp3) is 0.400. The molecule has 1 fully saturated rings. The standard InChI is InChI=1S/C10H12O2/c11-9-4-2-1-3-7(9)8-5-6-10(8)12/h1-4,8,10-12H,5-6H2. The number of rotatable bonds is 1. The highest BCUT2D eigenvalue weighted by atomic mass is 16.3. The number of aromatic hydroxyl groups is 1. The van der Waals surface area contributed by atoms with Gasteiger partial charge in [0.15, 0.2) is 0 Å². The smallest absolute Gasteiger partial charge is 0.119 e. The first-order valence-electron chi connectivity index (χ1n) is 4.25. The molecule has 0 saturated heterocycles. The molecular weight excluding hydrogens is 152 g/mol. The van der Waals surface area contributed by atoms with Crippen molar-refractivity contribution in [1.82, 2.24) is 0 Å². The van der Waals surface area contributed by atoms with Gasteiger partial charge in [-0.1, -0.05) is 18.2 Å². The van der Waals surface area contributed by atoms with Crippen LogP contribution in [-0.4, -0.2) is 16.3 Å². The van der Waals surface area contributed by atoms with E-state index in [9.17, 15) is 10.2 Å². The Labute approximate surface area is 71.5 Å². The molecule has 2 heteroatoms. The van der Waals surface area contributed by atoms with Crippen LogP contribution in [0.4, 0.5) is 0 Å². The van der Waals surface area contributed by atoms with E-state index in [0.29, 0.717) is 5.75 Å². The lowest BCUT2D eigenvalue weighted by atomic mass is 9.77. The summed E-state index contributed by atoms with van der Waals surface area (Å²) in [5.74, 6) is 0.465. The van der Waals surface area contributed by atoms with Gasteiger partial charge in [0, 0.05) is 5.92 Å². The van der Waals surface area contributed by atoms with E-state index in [4.69, 9.17) is 0 Å². The van der Waals surface area contributed by atoms with Crippen LogP contribution in [0.3, 0.4) is 0 Å². The maximum absolute atomic E-state index is 9.45. The molecule has 2 nitrogen and oxygen atoms in total. The SMILES string of the molecule is Oc1ccccc1C1CCC1O. The van der Waals surface area contributed by atoms with E-state index in [2.05, 4.69) is 0 Å². The number of para-hydroxylation sites is 1. The van der Waals surface area contributed by atoms with Gasteiger partial charge in [0.1, 0.15) is 5.75 Å². The number of phenolic OH excluding ortho intramolecular Hbond substituents is 1. The van der Waals surface area contributed by atoms with Crippen molar-refractivity contribution >= 4 is 0 Å². The molecule has 0 spiro atoms. The summed E-state index contributed by atoms with van der Waals surface area (Å²) in [6.07, 6.45) is 1.59. The molecule has 0 aromatic heterocycles. The normalized spacial score (nSPS) is 28.1. The monoisotopic (exact) mass is 164 g/mol. The van der Waals surface area contributed by atoms with Crippen LogP contribution < -0.4 is 0 Å². The minimum atomic E-state index is -0.252. The topological polar surface area (TPSA) is 40.5 Å². The lowest BCUT2D eigenvalue weighted by molar-refractivity contribution is 0.0649. The van der Waals surface area contributed by atoms with Gasteiger partial charge in [-0.2, -0.15) is 0 Å². The van der Waals surface area contributed by atoms with Crippen LogP contribution >= 0.6 is 0 Å². The second-order valence-electron chi connectivity index (χ2n) is 3.31. The van der Waals surface area contributed by atoms with Gasteiger partial charge in [0.05, 0.1) is 6.10 Å². The first kappa shape index (κ1) is 7.62. The van der Waals surface area contributed by atoms with Crippen molar-refractivity contribution in [2.75, 3.05) is 0 Å². The van der Waals surface area contributed by atoms with Gasteiger partial charge in [0.2, 0.25) is 0 Å². The van der Waals surface area contributed by atoms with Gasteiger partial charge in [0.25, 0.3) is 0 Å². The molecule has 1 saturated carbocycles.